The summed E-state index contributed by atoms with van der Waals surface area (Å²) in [6, 6.07) is 0.812. The molecule has 0 heterocycles. The highest BCUT2D eigenvalue weighted by Gasteiger charge is 2.18. The molecule has 0 aromatic heterocycles. The van der Waals surface area contributed by atoms with Crippen LogP contribution in [0.15, 0.2) is 12.1 Å². The maximum atomic E-state index is 13.2. The van der Waals surface area contributed by atoms with E-state index in [-0.39, 0.29) is 19.6 Å². The van der Waals surface area contributed by atoms with Gasteiger partial charge < -0.3 is 10.1 Å². The number of hydrogen-bond acceptors (Lipinski definition) is 3. The summed E-state index contributed by atoms with van der Waals surface area (Å²) < 4.78 is 43.7. The predicted molar refractivity (Wildman–Crippen MR) is 59.9 cm³/mol. The van der Waals surface area contributed by atoms with Crippen LogP contribution in [0.4, 0.5) is 13.2 Å². The molecular weight excluding hydrogens is 263 g/mol. The van der Waals surface area contributed by atoms with Gasteiger partial charge in [-0.3, -0.25) is 9.59 Å². The second-order valence-electron chi connectivity index (χ2n) is 3.56. The van der Waals surface area contributed by atoms with Crippen LogP contribution in [0.25, 0.3) is 0 Å². The Bertz CT molecular complexity index is 468. The molecule has 1 N–H and O–H groups in total. The summed E-state index contributed by atoms with van der Waals surface area (Å²) in [4.78, 5) is 22.4. The first-order chi connectivity index (χ1) is 8.95. The van der Waals surface area contributed by atoms with Gasteiger partial charge in [-0.15, -0.1) is 0 Å². The predicted octanol–water partition coefficient (Wildman–Crippen LogP) is 1.79. The second kappa shape index (κ2) is 6.77. The van der Waals surface area contributed by atoms with Crippen LogP contribution in [-0.2, 0) is 9.53 Å². The molecule has 0 bridgehead atoms. The third-order valence-corrected chi connectivity index (χ3v) is 2.15. The Morgan fingerprint density at radius 3 is 2.32 bits per heavy atom. The molecule has 1 aromatic carbocycles. The molecule has 0 saturated carbocycles. The zero-order valence-corrected chi connectivity index (χ0v) is 10.1. The third kappa shape index (κ3) is 4.27. The molecule has 104 valence electrons. The smallest absolute Gasteiger partial charge is 0.307 e. The first-order valence-corrected chi connectivity index (χ1v) is 5.54. The lowest BCUT2D eigenvalue weighted by molar-refractivity contribution is -0.142. The van der Waals surface area contributed by atoms with Crippen molar-refractivity contribution in [3.8, 4) is 0 Å². The summed E-state index contributed by atoms with van der Waals surface area (Å²) in [6.45, 7) is 1.70. The molecule has 0 aliphatic carbocycles. The molecule has 19 heavy (non-hydrogen) atoms. The van der Waals surface area contributed by atoms with Gasteiger partial charge in [0, 0.05) is 18.7 Å². The van der Waals surface area contributed by atoms with Crippen LogP contribution in [0, 0.1) is 17.5 Å². The lowest BCUT2D eigenvalue weighted by atomic mass is 10.1. The first kappa shape index (κ1) is 15.0. The molecular formula is C12H12F3NO3. The topological polar surface area (TPSA) is 55.4 Å². The fraction of sp³-hybridized carbons (Fsp3) is 0.333. The fourth-order valence-electron chi connectivity index (χ4n) is 1.36. The van der Waals surface area contributed by atoms with Gasteiger partial charge in [0.15, 0.2) is 0 Å². The fourth-order valence-corrected chi connectivity index (χ4v) is 1.36. The number of hydrogen-bond donors (Lipinski definition) is 1. The molecule has 0 aliphatic heterocycles. The van der Waals surface area contributed by atoms with Crippen LogP contribution in [0.5, 0.6) is 0 Å². The summed E-state index contributed by atoms with van der Waals surface area (Å²) in [7, 11) is 0. The van der Waals surface area contributed by atoms with Crippen molar-refractivity contribution in [2.24, 2.45) is 0 Å². The molecule has 1 amide bonds. The number of ether oxygens (including phenoxy) is 1. The minimum absolute atomic E-state index is 0.121. The maximum absolute atomic E-state index is 13.2. The maximum Gasteiger partial charge on any atom is 0.307 e. The van der Waals surface area contributed by atoms with E-state index in [1.165, 1.54) is 0 Å². The highest BCUT2D eigenvalue weighted by Crippen LogP contribution is 2.14. The average Bonchev–Trinajstić information content (AvgIpc) is 2.27. The molecule has 1 rings (SSSR count). The third-order valence-electron chi connectivity index (χ3n) is 2.15. The first-order valence-electron chi connectivity index (χ1n) is 5.54. The van der Waals surface area contributed by atoms with E-state index in [2.05, 4.69) is 10.1 Å². The molecule has 0 aliphatic rings. The Balaban J connectivity index is 2.62. The van der Waals surface area contributed by atoms with Crippen LogP contribution in [0.2, 0.25) is 0 Å². The van der Waals surface area contributed by atoms with Gasteiger partial charge in [-0.05, 0) is 6.92 Å². The van der Waals surface area contributed by atoms with Crippen molar-refractivity contribution in [2.45, 2.75) is 13.3 Å². The van der Waals surface area contributed by atoms with Crippen LogP contribution in [0.3, 0.4) is 0 Å². The van der Waals surface area contributed by atoms with E-state index in [4.69, 9.17) is 0 Å². The summed E-state index contributed by atoms with van der Waals surface area (Å²) in [5.74, 6) is -5.31. The molecule has 7 heteroatoms. The average molecular weight is 275 g/mol. The minimum Gasteiger partial charge on any atom is -0.466 e. The van der Waals surface area contributed by atoms with E-state index in [0.29, 0.717) is 12.1 Å². The van der Waals surface area contributed by atoms with Crippen molar-refractivity contribution >= 4 is 11.9 Å². The van der Waals surface area contributed by atoms with Crippen molar-refractivity contribution in [1.29, 1.82) is 0 Å². The molecule has 4 nitrogen and oxygen atoms in total. The van der Waals surface area contributed by atoms with Crippen LogP contribution in [0.1, 0.15) is 23.7 Å². The van der Waals surface area contributed by atoms with Gasteiger partial charge in [-0.1, -0.05) is 0 Å². The second-order valence-corrected chi connectivity index (χ2v) is 3.56. The van der Waals surface area contributed by atoms with Crippen molar-refractivity contribution in [3.63, 3.8) is 0 Å². The number of carbonyl (C=O) groups is 2. The number of esters is 1. The zero-order chi connectivity index (χ0) is 14.4. The Hall–Kier alpha value is -2.05. The number of halogens is 3. The normalized spacial score (nSPS) is 10.1. The monoisotopic (exact) mass is 275 g/mol. The Kier molecular flexibility index (Phi) is 5.35. The SMILES string of the molecule is CCOC(=O)CCNC(=O)c1c(F)cc(F)cc1F. The quantitative estimate of drug-likeness (QED) is 0.833. The summed E-state index contributed by atoms with van der Waals surface area (Å²) in [5, 5.41) is 2.15. The van der Waals surface area contributed by atoms with Gasteiger partial charge in [0.05, 0.1) is 13.0 Å². The Labute approximate surface area is 107 Å². The van der Waals surface area contributed by atoms with E-state index in [9.17, 15) is 22.8 Å². The van der Waals surface area contributed by atoms with E-state index < -0.39 is 34.9 Å². The molecule has 1 aromatic rings. The Morgan fingerprint density at radius 2 is 1.79 bits per heavy atom. The van der Waals surface area contributed by atoms with E-state index in [1.54, 1.807) is 6.92 Å². The molecule has 0 saturated heterocycles. The van der Waals surface area contributed by atoms with Crippen LogP contribution < -0.4 is 5.32 Å². The number of amides is 1. The molecule has 0 unspecified atom stereocenters. The van der Waals surface area contributed by atoms with Gasteiger partial charge in [0.25, 0.3) is 5.91 Å². The number of nitrogens with one attached hydrogen (secondary N) is 1. The molecule has 0 radical (unpaired) electrons. The highest BCUT2D eigenvalue weighted by molar-refractivity contribution is 5.94. The number of carbonyl (C=O) groups excluding carboxylic acids is 2. The lowest BCUT2D eigenvalue weighted by Crippen LogP contribution is -2.28. The minimum atomic E-state index is -1.30. The highest BCUT2D eigenvalue weighted by atomic mass is 19.1. The van der Waals surface area contributed by atoms with Crippen LogP contribution >= 0.6 is 0 Å². The molecule has 0 spiro atoms. The van der Waals surface area contributed by atoms with Crippen molar-refractivity contribution in [1.82, 2.24) is 5.32 Å². The van der Waals surface area contributed by atoms with Gasteiger partial charge in [0.1, 0.15) is 23.0 Å². The zero-order valence-electron chi connectivity index (χ0n) is 10.1. The number of rotatable bonds is 5. The van der Waals surface area contributed by atoms with Crippen molar-refractivity contribution in [3.05, 3.63) is 35.1 Å². The summed E-state index contributed by atoms with van der Waals surface area (Å²) in [6.07, 6.45) is -0.121. The van der Waals surface area contributed by atoms with Gasteiger partial charge in [-0.25, -0.2) is 13.2 Å². The van der Waals surface area contributed by atoms with Gasteiger partial charge in [0.2, 0.25) is 0 Å². The van der Waals surface area contributed by atoms with E-state index in [0.717, 1.165) is 0 Å². The van der Waals surface area contributed by atoms with Gasteiger partial charge in [-0.2, -0.15) is 0 Å². The lowest BCUT2D eigenvalue weighted by Gasteiger charge is -2.07. The summed E-state index contributed by atoms with van der Waals surface area (Å²) >= 11 is 0. The van der Waals surface area contributed by atoms with Crippen LogP contribution in [-0.4, -0.2) is 25.0 Å². The Morgan fingerprint density at radius 1 is 1.21 bits per heavy atom. The van der Waals surface area contributed by atoms with Crippen molar-refractivity contribution in [2.75, 3.05) is 13.2 Å². The van der Waals surface area contributed by atoms with E-state index in [1.807, 2.05) is 0 Å². The summed E-state index contributed by atoms with van der Waals surface area (Å²) in [5.41, 5.74) is -0.884. The molecule has 0 atom stereocenters. The van der Waals surface area contributed by atoms with Crippen molar-refractivity contribution < 1.29 is 27.5 Å². The van der Waals surface area contributed by atoms with Gasteiger partial charge >= 0.3 is 5.97 Å². The largest absolute Gasteiger partial charge is 0.466 e. The standard InChI is InChI=1S/C12H12F3NO3/c1-2-19-10(17)3-4-16-12(18)11-8(14)5-7(13)6-9(11)15/h5-6H,2-4H2,1H3,(H,16,18). The van der Waals surface area contributed by atoms with E-state index >= 15 is 0 Å². The number of benzene rings is 1. The molecule has 0 fully saturated rings.